The van der Waals surface area contributed by atoms with E-state index in [2.05, 4.69) is 10.0 Å². The second-order valence-corrected chi connectivity index (χ2v) is 8.78. The number of anilines is 2. The van der Waals surface area contributed by atoms with Crippen LogP contribution in [0.1, 0.15) is 10.4 Å². The minimum absolute atomic E-state index is 0.0911. The van der Waals surface area contributed by atoms with Crippen LogP contribution in [-0.2, 0) is 14.8 Å². The third-order valence-corrected chi connectivity index (χ3v) is 6.39. The maximum atomic E-state index is 12.8. The predicted octanol–water partition coefficient (Wildman–Crippen LogP) is 4.52. The number of sulfonamides is 1. The Bertz CT molecular complexity index is 1120. The first-order chi connectivity index (χ1) is 13.9. The summed E-state index contributed by atoms with van der Waals surface area (Å²) >= 11 is 1.52. The first-order valence-electron chi connectivity index (χ1n) is 8.67. The first kappa shape index (κ1) is 20.6. The van der Waals surface area contributed by atoms with E-state index in [4.69, 9.17) is 4.74 Å². The number of hydrogen-bond donors (Lipinski definition) is 2. The molecule has 2 aromatic carbocycles. The molecule has 1 aromatic heterocycles. The summed E-state index contributed by atoms with van der Waals surface area (Å²) in [6.45, 7) is 1.70. The first-order valence-corrected chi connectivity index (χ1v) is 11.0. The molecule has 0 bridgehead atoms. The molecule has 0 aliphatic heterocycles. The fourth-order valence-electron chi connectivity index (χ4n) is 2.56. The fraction of sp³-hybridized carbons (Fsp3) is 0.0952. The number of carbonyl (C=O) groups excluding carboxylic acids is 1. The van der Waals surface area contributed by atoms with Gasteiger partial charge in [0.15, 0.2) is 0 Å². The van der Waals surface area contributed by atoms with Crippen molar-refractivity contribution in [3.05, 3.63) is 76.5 Å². The van der Waals surface area contributed by atoms with Crippen molar-refractivity contribution in [1.29, 1.82) is 0 Å². The van der Waals surface area contributed by atoms with E-state index in [1.807, 2.05) is 17.5 Å². The van der Waals surface area contributed by atoms with Gasteiger partial charge in [0, 0.05) is 22.3 Å². The van der Waals surface area contributed by atoms with Crippen molar-refractivity contribution in [2.24, 2.45) is 0 Å². The number of nitrogens with one attached hydrogen (secondary N) is 2. The summed E-state index contributed by atoms with van der Waals surface area (Å²) in [5.74, 6) is 0.290. The van der Waals surface area contributed by atoms with E-state index in [1.165, 1.54) is 30.6 Å². The third-order valence-electron chi connectivity index (χ3n) is 4.03. The summed E-state index contributed by atoms with van der Waals surface area (Å²) in [7, 11) is -2.29. The van der Waals surface area contributed by atoms with Crippen molar-refractivity contribution >= 4 is 44.7 Å². The number of benzene rings is 2. The largest absolute Gasteiger partial charge is 0.497 e. The lowest BCUT2D eigenvalue weighted by Crippen LogP contribution is -2.15. The van der Waals surface area contributed by atoms with Gasteiger partial charge in [0.25, 0.3) is 10.0 Å². The zero-order chi connectivity index (χ0) is 20.9. The SMILES string of the molecule is COc1ccc(NS(=O)(=O)c2cc(NC(=O)/C=C/c3cccs3)ccc2C)cc1. The van der Waals surface area contributed by atoms with E-state index in [0.717, 1.165) is 4.88 Å². The molecule has 3 rings (SSSR count). The van der Waals surface area contributed by atoms with Gasteiger partial charge in [-0.2, -0.15) is 0 Å². The van der Waals surface area contributed by atoms with Gasteiger partial charge in [-0.15, -0.1) is 11.3 Å². The molecule has 0 atom stereocenters. The Morgan fingerprint density at radius 1 is 1.07 bits per heavy atom. The number of hydrogen-bond acceptors (Lipinski definition) is 5. The van der Waals surface area contributed by atoms with Crippen molar-refractivity contribution in [3.8, 4) is 5.75 Å². The van der Waals surface area contributed by atoms with Gasteiger partial charge in [-0.3, -0.25) is 9.52 Å². The maximum Gasteiger partial charge on any atom is 0.262 e. The summed E-state index contributed by atoms with van der Waals surface area (Å²) in [6.07, 6.45) is 3.12. The monoisotopic (exact) mass is 428 g/mol. The van der Waals surface area contributed by atoms with E-state index in [0.29, 0.717) is 22.7 Å². The molecule has 2 N–H and O–H groups in total. The lowest BCUT2D eigenvalue weighted by atomic mass is 10.2. The highest BCUT2D eigenvalue weighted by molar-refractivity contribution is 7.92. The molecule has 29 heavy (non-hydrogen) atoms. The van der Waals surface area contributed by atoms with E-state index in [9.17, 15) is 13.2 Å². The molecule has 0 unspecified atom stereocenters. The molecule has 6 nitrogen and oxygen atoms in total. The molecule has 3 aromatic rings. The Hall–Kier alpha value is -3.10. The van der Waals surface area contributed by atoms with Crippen molar-refractivity contribution in [3.63, 3.8) is 0 Å². The molecule has 0 aliphatic rings. The van der Waals surface area contributed by atoms with Crippen LogP contribution in [0, 0.1) is 6.92 Å². The standard InChI is InChI=1S/C21H20N2O4S2/c1-15-5-6-17(22-21(24)12-11-19-4-3-13-28-19)14-20(15)29(25,26)23-16-7-9-18(27-2)10-8-16/h3-14,23H,1-2H3,(H,22,24)/b12-11+. The molecular formula is C21H20N2O4S2. The Morgan fingerprint density at radius 2 is 1.79 bits per heavy atom. The predicted molar refractivity (Wildman–Crippen MR) is 117 cm³/mol. The molecule has 0 saturated heterocycles. The van der Waals surface area contributed by atoms with Crippen LogP contribution in [0.3, 0.4) is 0 Å². The number of rotatable bonds is 7. The lowest BCUT2D eigenvalue weighted by molar-refractivity contribution is -0.111. The normalized spacial score (nSPS) is 11.4. The summed E-state index contributed by atoms with van der Waals surface area (Å²) < 4.78 is 33.3. The topological polar surface area (TPSA) is 84.5 Å². The molecule has 0 saturated carbocycles. The number of thiophene rings is 1. The van der Waals surface area contributed by atoms with Crippen molar-refractivity contribution in [2.75, 3.05) is 17.1 Å². The zero-order valence-corrected chi connectivity index (χ0v) is 17.5. The zero-order valence-electron chi connectivity index (χ0n) is 15.9. The van der Waals surface area contributed by atoms with Gasteiger partial charge in [0.2, 0.25) is 5.91 Å². The van der Waals surface area contributed by atoms with Gasteiger partial charge in [0.1, 0.15) is 5.75 Å². The van der Waals surface area contributed by atoms with Gasteiger partial charge in [-0.1, -0.05) is 12.1 Å². The highest BCUT2D eigenvalue weighted by atomic mass is 32.2. The van der Waals surface area contributed by atoms with Crippen LogP contribution in [0.15, 0.2) is 70.9 Å². The minimum Gasteiger partial charge on any atom is -0.497 e. The van der Waals surface area contributed by atoms with Crippen LogP contribution in [-0.4, -0.2) is 21.4 Å². The van der Waals surface area contributed by atoms with Gasteiger partial charge >= 0.3 is 0 Å². The van der Waals surface area contributed by atoms with Crippen molar-refractivity contribution in [1.82, 2.24) is 0 Å². The van der Waals surface area contributed by atoms with Crippen LogP contribution >= 0.6 is 11.3 Å². The summed E-state index contributed by atoms with van der Waals surface area (Å²) in [4.78, 5) is 13.2. The Kier molecular flexibility index (Phi) is 6.36. The van der Waals surface area contributed by atoms with Crippen LogP contribution < -0.4 is 14.8 Å². The van der Waals surface area contributed by atoms with E-state index in [-0.39, 0.29) is 10.8 Å². The molecular weight excluding hydrogens is 408 g/mol. The van der Waals surface area contributed by atoms with Gasteiger partial charge in [-0.05, 0) is 66.4 Å². The molecule has 1 heterocycles. The Morgan fingerprint density at radius 3 is 2.45 bits per heavy atom. The molecule has 0 aliphatic carbocycles. The molecule has 0 spiro atoms. The van der Waals surface area contributed by atoms with Crippen LogP contribution in [0.25, 0.3) is 6.08 Å². The molecule has 0 fully saturated rings. The van der Waals surface area contributed by atoms with Gasteiger partial charge < -0.3 is 10.1 Å². The lowest BCUT2D eigenvalue weighted by Gasteiger charge is -2.12. The molecule has 1 amide bonds. The average molecular weight is 429 g/mol. The average Bonchev–Trinajstić information content (AvgIpc) is 3.22. The second-order valence-electron chi connectivity index (χ2n) is 6.15. The van der Waals surface area contributed by atoms with Crippen LogP contribution in [0.4, 0.5) is 11.4 Å². The number of methoxy groups -OCH3 is 1. The number of carbonyl (C=O) groups is 1. The molecule has 0 radical (unpaired) electrons. The molecule has 150 valence electrons. The highest BCUT2D eigenvalue weighted by Gasteiger charge is 2.18. The van der Waals surface area contributed by atoms with Crippen LogP contribution in [0.5, 0.6) is 5.75 Å². The highest BCUT2D eigenvalue weighted by Crippen LogP contribution is 2.24. The number of aryl methyl sites for hydroxylation is 1. The quantitative estimate of drug-likeness (QED) is 0.542. The van der Waals surface area contributed by atoms with Crippen molar-refractivity contribution in [2.45, 2.75) is 11.8 Å². The Balaban J connectivity index is 1.77. The van der Waals surface area contributed by atoms with Gasteiger partial charge in [0.05, 0.1) is 12.0 Å². The van der Waals surface area contributed by atoms with Gasteiger partial charge in [-0.25, -0.2) is 8.42 Å². The number of ether oxygens (including phenoxy) is 1. The van der Waals surface area contributed by atoms with Crippen LogP contribution in [0.2, 0.25) is 0 Å². The summed E-state index contributed by atoms with van der Waals surface area (Å²) in [5, 5.41) is 4.61. The van der Waals surface area contributed by atoms with E-state index < -0.39 is 10.0 Å². The summed E-state index contributed by atoms with van der Waals surface area (Å²) in [5.41, 5.74) is 1.38. The smallest absolute Gasteiger partial charge is 0.262 e. The third kappa shape index (κ3) is 5.46. The maximum absolute atomic E-state index is 12.8. The molecule has 8 heteroatoms. The Labute approximate surface area is 173 Å². The van der Waals surface area contributed by atoms with E-state index in [1.54, 1.807) is 49.4 Å². The van der Waals surface area contributed by atoms with E-state index >= 15 is 0 Å². The number of amides is 1. The fourth-order valence-corrected chi connectivity index (χ4v) is 4.51. The second kappa shape index (κ2) is 8.93. The van der Waals surface area contributed by atoms with Crippen molar-refractivity contribution < 1.29 is 17.9 Å². The summed E-state index contributed by atoms with van der Waals surface area (Å²) in [6, 6.07) is 15.1. The minimum atomic E-state index is -3.83.